The molecule has 0 amide bonds. The lowest BCUT2D eigenvalue weighted by Crippen LogP contribution is -2.32. The van der Waals surface area contributed by atoms with E-state index in [1.165, 1.54) is 23.0 Å². The maximum absolute atomic E-state index is 14.9. The molecule has 1 aromatic carbocycles. The molecule has 0 saturated carbocycles. The molecule has 0 radical (unpaired) electrons. The number of hydrogen-bond donors (Lipinski definition) is 4. The van der Waals surface area contributed by atoms with Gasteiger partial charge in [-0.05, 0) is 44.1 Å². The summed E-state index contributed by atoms with van der Waals surface area (Å²) in [5, 5.41) is 14.4. The number of benzene rings is 1. The summed E-state index contributed by atoms with van der Waals surface area (Å²) in [6.07, 6.45) is 5.76. The fourth-order valence-corrected chi connectivity index (χ4v) is 6.68. The Labute approximate surface area is 233 Å². The quantitative estimate of drug-likeness (QED) is 0.258. The minimum atomic E-state index is -1.32. The summed E-state index contributed by atoms with van der Waals surface area (Å²) < 4.78 is 16.3. The standard InChI is InChI=1S/C29H29FN8O3/c1-31-21-8-16(30)7-17-23-25(37-11-14-4-5-36(3)22(14)13-37)19(10-33-27(23)35-24(17)21)15-6-18-26(39)20(29(40)41)12-38(32-2)28(18)34-9-15/h6-10,12,14,22,31-32H,4-5,11,13H2,1-3H3,(H,33,35)(H,40,41)/t14?,22-/m0/s1. The Morgan fingerprint density at radius 2 is 1.98 bits per heavy atom. The van der Waals surface area contributed by atoms with Crippen LogP contribution in [0.3, 0.4) is 0 Å². The van der Waals surface area contributed by atoms with Crippen molar-refractivity contribution < 1.29 is 14.3 Å². The number of aromatic nitrogens is 4. The molecular weight excluding hydrogens is 527 g/mol. The molecule has 2 saturated heterocycles. The molecule has 0 bridgehead atoms. The van der Waals surface area contributed by atoms with E-state index >= 15 is 0 Å². The molecule has 2 aliphatic heterocycles. The summed E-state index contributed by atoms with van der Waals surface area (Å²) in [7, 11) is 5.52. The molecule has 41 heavy (non-hydrogen) atoms. The van der Waals surface area contributed by atoms with Crippen molar-refractivity contribution in [3.8, 4) is 11.1 Å². The number of H-pyrrole nitrogens is 1. The van der Waals surface area contributed by atoms with Crippen LogP contribution in [0, 0.1) is 11.7 Å². The first-order valence-electron chi connectivity index (χ1n) is 13.5. The van der Waals surface area contributed by atoms with Crippen LogP contribution in [0.1, 0.15) is 16.8 Å². The van der Waals surface area contributed by atoms with Gasteiger partial charge in [0, 0.05) is 68.3 Å². The lowest BCUT2D eigenvalue weighted by Gasteiger charge is -2.25. The third-order valence-electron chi connectivity index (χ3n) is 8.70. The van der Waals surface area contributed by atoms with Gasteiger partial charge in [0.15, 0.2) is 5.65 Å². The molecule has 1 unspecified atom stereocenters. The minimum absolute atomic E-state index is 0.170. The van der Waals surface area contributed by atoms with Crippen LogP contribution in [-0.4, -0.2) is 82.4 Å². The summed E-state index contributed by atoms with van der Waals surface area (Å²) in [6, 6.07) is 5.05. The molecule has 6 heterocycles. The predicted octanol–water partition coefficient (Wildman–Crippen LogP) is 3.29. The monoisotopic (exact) mass is 556 g/mol. The number of anilines is 2. The van der Waals surface area contributed by atoms with Crippen molar-refractivity contribution in [1.82, 2.24) is 24.5 Å². The highest BCUT2D eigenvalue weighted by atomic mass is 19.1. The maximum atomic E-state index is 14.9. The van der Waals surface area contributed by atoms with Gasteiger partial charge in [-0.2, -0.15) is 0 Å². The van der Waals surface area contributed by atoms with E-state index in [1.807, 2.05) is 0 Å². The van der Waals surface area contributed by atoms with Crippen LogP contribution in [0.5, 0.6) is 0 Å². The van der Waals surface area contributed by atoms with Crippen molar-refractivity contribution in [3.05, 3.63) is 58.4 Å². The Balaban J connectivity index is 1.52. The number of carboxylic acid groups (broad SMARTS) is 1. The number of pyridine rings is 3. The topological polar surface area (TPSA) is 131 Å². The van der Waals surface area contributed by atoms with Crippen LogP contribution in [0.25, 0.3) is 44.1 Å². The van der Waals surface area contributed by atoms with Crippen molar-refractivity contribution in [2.24, 2.45) is 5.92 Å². The normalized spacial score (nSPS) is 19.0. The highest BCUT2D eigenvalue weighted by molar-refractivity contribution is 6.18. The molecule has 2 atom stereocenters. The number of carboxylic acids is 1. The zero-order valence-corrected chi connectivity index (χ0v) is 22.8. The number of likely N-dealkylation sites (N-methyl/N-ethyl adjacent to an activating group) is 1. The van der Waals surface area contributed by atoms with E-state index in [2.05, 4.69) is 37.6 Å². The predicted molar refractivity (Wildman–Crippen MR) is 157 cm³/mol. The van der Waals surface area contributed by atoms with Gasteiger partial charge in [-0.15, -0.1) is 0 Å². The van der Waals surface area contributed by atoms with Gasteiger partial charge < -0.3 is 30.6 Å². The lowest BCUT2D eigenvalue weighted by molar-refractivity contribution is 0.0695. The molecule has 12 heteroatoms. The third-order valence-corrected chi connectivity index (χ3v) is 8.70. The second-order valence-electron chi connectivity index (χ2n) is 10.9. The summed E-state index contributed by atoms with van der Waals surface area (Å²) in [4.78, 5) is 42.5. The van der Waals surface area contributed by atoms with Gasteiger partial charge in [-0.1, -0.05) is 0 Å². The Kier molecular flexibility index (Phi) is 5.65. The Bertz CT molecular complexity index is 1950. The first-order valence-corrected chi connectivity index (χ1v) is 13.5. The van der Waals surface area contributed by atoms with Crippen LogP contribution >= 0.6 is 0 Å². The lowest BCUT2D eigenvalue weighted by atomic mass is 10.0. The molecule has 4 N–H and O–H groups in total. The average Bonchev–Trinajstić information content (AvgIpc) is 3.66. The SMILES string of the molecule is CNc1cc(F)cc2c1[nH]c1ncc(-c3cnc4c(c3)c(=O)c(C(=O)O)cn4NC)c(N3CC4CCN(C)[C@H]4C3)c12. The van der Waals surface area contributed by atoms with E-state index < -0.39 is 11.4 Å². The zero-order valence-electron chi connectivity index (χ0n) is 22.8. The second-order valence-corrected chi connectivity index (χ2v) is 10.9. The molecule has 2 fully saturated rings. The number of aromatic carboxylic acids is 1. The minimum Gasteiger partial charge on any atom is -0.477 e. The maximum Gasteiger partial charge on any atom is 0.341 e. The number of nitrogens with one attached hydrogen (secondary N) is 3. The Hall–Kier alpha value is -4.71. The first-order chi connectivity index (χ1) is 19.8. The molecule has 11 nitrogen and oxygen atoms in total. The molecule has 5 aromatic rings. The third kappa shape index (κ3) is 3.74. The van der Waals surface area contributed by atoms with Gasteiger partial charge in [0.25, 0.3) is 0 Å². The number of carbonyl (C=O) groups is 1. The number of likely N-dealkylation sites (tertiary alicyclic amines) is 1. The van der Waals surface area contributed by atoms with E-state index in [4.69, 9.17) is 4.98 Å². The van der Waals surface area contributed by atoms with Crippen LogP contribution < -0.4 is 21.1 Å². The summed E-state index contributed by atoms with van der Waals surface area (Å²) in [5.74, 6) is -1.18. The van der Waals surface area contributed by atoms with Crippen LogP contribution in [0.2, 0.25) is 0 Å². The summed E-state index contributed by atoms with van der Waals surface area (Å²) >= 11 is 0. The Morgan fingerprint density at radius 1 is 1.15 bits per heavy atom. The number of nitrogens with zero attached hydrogens (tertiary/aromatic N) is 5. The highest BCUT2D eigenvalue weighted by Crippen LogP contribution is 2.45. The molecule has 2 aliphatic rings. The number of halogens is 1. The van der Waals surface area contributed by atoms with Gasteiger partial charge in [0.1, 0.15) is 17.0 Å². The fraction of sp³-hybridized carbons (Fsp3) is 0.310. The molecule has 0 spiro atoms. The van der Waals surface area contributed by atoms with E-state index in [9.17, 15) is 19.1 Å². The Morgan fingerprint density at radius 3 is 2.71 bits per heavy atom. The number of fused-ring (bicyclic) bond motifs is 5. The fourth-order valence-electron chi connectivity index (χ4n) is 6.68. The van der Waals surface area contributed by atoms with Crippen molar-refractivity contribution in [1.29, 1.82) is 0 Å². The number of hydrogen-bond acceptors (Lipinski definition) is 8. The van der Waals surface area contributed by atoms with Crippen molar-refractivity contribution in [2.45, 2.75) is 12.5 Å². The molecular formula is C29H29FN8O3. The molecule has 210 valence electrons. The van der Waals surface area contributed by atoms with E-state index in [0.717, 1.165) is 48.2 Å². The van der Waals surface area contributed by atoms with E-state index in [-0.39, 0.29) is 16.8 Å². The summed E-state index contributed by atoms with van der Waals surface area (Å²) in [6.45, 7) is 2.69. The second kappa shape index (κ2) is 9.16. The van der Waals surface area contributed by atoms with E-state index in [0.29, 0.717) is 39.9 Å². The van der Waals surface area contributed by atoms with Gasteiger partial charge in [-0.3, -0.25) is 4.79 Å². The van der Waals surface area contributed by atoms with Gasteiger partial charge in [0.05, 0.1) is 27.7 Å². The van der Waals surface area contributed by atoms with Crippen molar-refractivity contribution in [3.63, 3.8) is 0 Å². The van der Waals surface area contributed by atoms with Crippen LogP contribution in [0.15, 0.2) is 41.6 Å². The highest BCUT2D eigenvalue weighted by Gasteiger charge is 2.41. The van der Waals surface area contributed by atoms with Crippen LogP contribution in [-0.2, 0) is 0 Å². The number of aromatic amines is 1. The first kappa shape index (κ1) is 25.3. The van der Waals surface area contributed by atoms with Gasteiger partial charge in [-0.25, -0.2) is 23.8 Å². The van der Waals surface area contributed by atoms with Gasteiger partial charge in [0.2, 0.25) is 5.43 Å². The molecule has 7 rings (SSSR count). The van der Waals surface area contributed by atoms with Crippen molar-refractivity contribution >= 4 is 50.3 Å². The molecule has 0 aliphatic carbocycles. The number of rotatable bonds is 5. The van der Waals surface area contributed by atoms with Crippen molar-refractivity contribution in [2.75, 3.05) is 56.4 Å². The smallest absolute Gasteiger partial charge is 0.341 e. The van der Waals surface area contributed by atoms with Gasteiger partial charge >= 0.3 is 5.97 Å². The van der Waals surface area contributed by atoms with E-state index in [1.54, 1.807) is 32.6 Å². The zero-order chi connectivity index (χ0) is 28.6. The average molecular weight is 557 g/mol. The van der Waals surface area contributed by atoms with Crippen LogP contribution in [0.4, 0.5) is 15.8 Å². The largest absolute Gasteiger partial charge is 0.477 e. The molecule has 4 aromatic heterocycles. The summed E-state index contributed by atoms with van der Waals surface area (Å²) in [5.41, 5.74) is 6.47.